The summed E-state index contributed by atoms with van der Waals surface area (Å²) in [5, 5.41) is 9.53. The Bertz CT molecular complexity index is 963. The highest BCUT2D eigenvalue weighted by molar-refractivity contribution is 8.00. The van der Waals surface area contributed by atoms with E-state index in [0.29, 0.717) is 16.3 Å². The third kappa shape index (κ3) is 3.35. The molecule has 1 aromatic heterocycles. The van der Waals surface area contributed by atoms with E-state index in [1.54, 1.807) is 12.1 Å². The van der Waals surface area contributed by atoms with Crippen molar-refractivity contribution in [1.82, 2.24) is 4.98 Å². The predicted molar refractivity (Wildman–Crippen MR) is 104 cm³/mol. The lowest BCUT2D eigenvalue weighted by Gasteiger charge is -2.18. The van der Waals surface area contributed by atoms with Gasteiger partial charge in [-0.1, -0.05) is 29.5 Å². The molecule has 1 unspecified atom stereocenters. The molecule has 1 fully saturated rings. The molecule has 1 saturated heterocycles. The van der Waals surface area contributed by atoms with Crippen LogP contribution < -0.4 is 4.90 Å². The number of aromatic nitrogens is 1. The van der Waals surface area contributed by atoms with Crippen LogP contribution in [0.4, 0.5) is 5.69 Å². The SMILES string of the molecule is Cc1ccc(N2C(=O)CC(Sc3nc4c(cc3C#N)CCCC4)C2=O)cc1. The van der Waals surface area contributed by atoms with Gasteiger partial charge in [0, 0.05) is 12.1 Å². The Morgan fingerprint density at radius 1 is 1.19 bits per heavy atom. The summed E-state index contributed by atoms with van der Waals surface area (Å²) in [6.45, 7) is 1.96. The molecular formula is C21H19N3O2S. The molecule has 6 heteroatoms. The standard InChI is InChI=1S/C21H19N3O2S/c1-13-6-8-16(9-7-13)24-19(25)11-18(21(24)26)27-20-15(12-22)10-14-4-2-3-5-17(14)23-20/h6-10,18H,2-5,11H2,1H3. The minimum atomic E-state index is -0.542. The highest BCUT2D eigenvalue weighted by Crippen LogP contribution is 2.36. The van der Waals surface area contributed by atoms with Crippen molar-refractivity contribution < 1.29 is 9.59 Å². The number of carbonyl (C=O) groups is 2. The molecule has 136 valence electrons. The van der Waals surface area contributed by atoms with Gasteiger partial charge in [-0.15, -0.1) is 0 Å². The first-order valence-electron chi connectivity index (χ1n) is 9.10. The van der Waals surface area contributed by atoms with Gasteiger partial charge in [0.25, 0.3) is 0 Å². The van der Waals surface area contributed by atoms with Crippen molar-refractivity contribution in [1.29, 1.82) is 5.26 Å². The first kappa shape index (κ1) is 17.7. The number of rotatable bonds is 3. The van der Waals surface area contributed by atoms with Crippen LogP contribution in [0.15, 0.2) is 35.4 Å². The van der Waals surface area contributed by atoms with E-state index < -0.39 is 5.25 Å². The van der Waals surface area contributed by atoms with Crippen molar-refractivity contribution in [2.75, 3.05) is 4.90 Å². The van der Waals surface area contributed by atoms with E-state index >= 15 is 0 Å². The maximum absolute atomic E-state index is 12.9. The second kappa shape index (κ2) is 7.16. The highest BCUT2D eigenvalue weighted by Gasteiger charge is 2.40. The fourth-order valence-corrected chi connectivity index (χ4v) is 4.68. The molecule has 0 bridgehead atoms. The second-order valence-corrected chi connectivity index (χ2v) is 8.17. The second-order valence-electron chi connectivity index (χ2n) is 6.98. The summed E-state index contributed by atoms with van der Waals surface area (Å²) in [4.78, 5) is 31.3. The summed E-state index contributed by atoms with van der Waals surface area (Å²) in [6.07, 6.45) is 4.19. The minimum absolute atomic E-state index is 0.126. The number of carbonyl (C=O) groups excluding carboxylic acids is 2. The van der Waals surface area contributed by atoms with E-state index in [2.05, 4.69) is 11.1 Å². The molecule has 0 radical (unpaired) electrons. The summed E-state index contributed by atoms with van der Waals surface area (Å²) < 4.78 is 0. The number of hydrogen-bond acceptors (Lipinski definition) is 5. The molecule has 0 saturated carbocycles. The number of fused-ring (bicyclic) bond motifs is 1. The van der Waals surface area contributed by atoms with E-state index in [0.717, 1.165) is 42.5 Å². The lowest BCUT2D eigenvalue weighted by molar-refractivity contribution is -0.121. The normalized spacial score (nSPS) is 19.1. The number of pyridine rings is 1. The van der Waals surface area contributed by atoms with Gasteiger partial charge in [-0.2, -0.15) is 5.26 Å². The third-order valence-electron chi connectivity index (χ3n) is 5.04. The molecule has 2 aliphatic rings. The Hall–Kier alpha value is -2.65. The van der Waals surface area contributed by atoms with Crippen LogP contribution in [0.25, 0.3) is 0 Å². The van der Waals surface area contributed by atoms with Crippen LogP contribution in [0.1, 0.15) is 41.6 Å². The summed E-state index contributed by atoms with van der Waals surface area (Å²) in [5.74, 6) is -0.449. The van der Waals surface area contributed by atoms with E-state index in [1.807, 2.05) is 25.1 Å². The molecule has 0 N–H and O–H groups in total. The molecule has 5 nitrogen and oxygen atoms in total. The number of aryl methyl sites for hydroxylation is 3. The Balaban J connectivity index is 1.60. The molecule has 27 heavy (non-hydrogen) atoms. The predicted octanol–water partition coefficient (Wildman–Crippen LogP) is 3.56. The largest absolute Gasteiger partial charge is 0.274 e. The Labute approximate surface area is 162 Å². The number of nitriles is 1. The van der Waals surface area contributed by atoms with Crippen LogP contribution in [-0.2, 0) is 22.4 Å². The van der Waals surface area contributed by atoms with Gasteiger partial charge in [0.15, 0.2) is 0 Å². The number of thioether (sulfide) groups is 1. The van der Waals surface area contributed by atoms with E-state index in [-0.39, 0.29) is 18.2 Å². The average molecular weight is 377 g/mol. The van der Waals surface area contributed by atoms with E-state index in [4.69, 9.17) is 0 Å². The summed E-state index contributed by atoms with van der Waals surface area (Å²) in [5.41, 5.74) is 4.32. The molecule has 2 heterocycles. The zero-order valence-electron chi connectivity index (χ0n) is 15.1. The first-order valence-corrected chi connectivity index (χ1v) is 9.98. The minimum Gasteiger partial charge on any atom is -0.274 e. The number of hydrogen-bond donors (Lipinski definition) is 0. The van der Waals surface area contributed by atoms with E-state index in [9.17, 15) is 14.9 Å². The van der Waals surface area contributed by atoms with Gasteiger partial charge in [-0.25, -0.2) is 9.88 Å². The number of imide groups is 1. The Kier molecular flexibility index (Phi) is 4.71. The Morgan fingerprint density at radius 2 is 1.93 bits per heavy atom. The van der Waals surface area contributed by atoms with Gasteiger partial charge < -0.3 is 0 Å². The molecule has 1 aliphatic heterocycles. The van der Waals surface area contributed by atoms with Crippen LogP contribution in [0, 0.1) is 18.3 Å². The molecular weight excluding hydrogens is 358 g/mol. The molecule has 0 spiro atoms. The number of anilines is 1. The topological polar surface area (TPSA) is 74.1 Å². The smallest absolute Gasteiger partial charge is 0.247 e. The number of amides is 2. The maximum atomic E-state index is 12.9. The van der Waals surface area contributed by atoms with Gasteiger partial charge in [-0.05, 0) is 56.4 Å². The summed E-state index contributed by atoms with van der Waals surface area (Å²) >= 11 is 1.24. The summed E-state index contributed by atoms with van der Waals surface area (Å²) in [7, 11) is 0. The molecule has 1 aliphatic carbocycles. The molecule has 2 aromatic rings. The van der Waals surface area contributed by atoms with Gasteiger partial charge in [0.2, 0.25) is 11.8 Å². The quantitative estimate of drug-likeness (QED) is 0.765. The lowest BCUT2D eigenvalue weighted by atomic mass is 9.95. The van der Waals surface area contributed by atoms with Gasteiger partial charge >= 0.3 is 0 Å². The van der Waals surface area contributed by atoms with Crippen molar-refractivity contribution >= 4 is 29.3 Å². The van der Waals surface area contributed by atoms with Gasteiger partial charge in [0.1, 0.15) is 11.1 Å². The van der Waals surface area contributed by atoms with Crippen LogP contribution >= 0.6 is 11.8 Å². The summed E-state index contributed by atoms with van der Waals surface area (Å²) in [6, 6.07) is 11.5. The monoisotopic (exact) mass is 377 g/mol. The molecule has 1 atom stereocenters. The van der Waals surface area contributed by atoms with Crippen molar-refractivity contribution in [3.8, 4) is 6.07 Å². The zero-order chi connectivity index (χ0) is 19.0. The van der Waals surface area contributed by atoms with E-state index in [1.165, 1.54) is 16.7 Å². The van der Waals surface area contributed by atoms with Crippen molar-refractivity contribution in [2.24, 2.45) is 0 Å². The van der Waals surface area contributed by atoms with Crippen LogP contribution in [-0.4, -0.2) is 22.0 Å². The number of benzene rings is 1. The average Bonchev–Trinajstić information content (AvgIpc) is 2.95. The zero-order valence-corrected chi connectivity index (χ0v) is 15.9. The first-order chi connectivity index (χ1) is 13.1. The molecule has 1 aromatic carbocycles. The van der Waals surface area contributed by atoms with Gasteiger partial charge in [-0.3, -0.25) is 9.59 Å². The number of nitrogens with zero attached hydrogens (tertiary/aromatic N) is 3. The third-order valence-corrected chi connectivity index (χ3v) is 6.22. The van der Waals surface area contributed by atoms with Gasteiger partial charge in [0.05, 0.1) is 16.5 Å². The van der Waals surface area contributed by atoms with Crippen LogP contribution in [0.2, 0.25) is 0 Å². The van der Waals surface area contributed by atoms with Crippen molar-refractivity contribution in [3.63, 3.8) is 0 Å². The van der Waals surface area contributed by atoms with Crippen LogP contribution in [0.3, 0.4) is 0 Å². The lowest BCUT2D eigenvalue weighted by Crippen LogP contribution is -2.31. The highest BCUT2D eigenvalue weighted by atomic mass is 32.2. The van der Waals surface area contributed by atoms with Crippen LogP contribution in [0.5, 0.6) is 0 Å². The van der Waals surface area contributed by atoms with Crippen molar-refractivity contribution in [3.05, 3.63) is 52.7 Å². The fourth-order valence-electron chi connectivity index (χ4n) is 3.58. The van der Waals surface area contributed by atoms with Crippen molar-refractivity contribution in [2.45, 2.75) is 49.3 Å². The maximum Gasteiger partial charge on any atom is 0.247 e. The molecule has 2 amide bonds. The molecule has 4 rings (SSSR count). The fraction of sp³-hybridized carbons (Fsp3) is 0.333. The Morgan fingerprint density at radius 3 is 2.67 bits per heavy atom.